The maximum absolute atomic E-state index is 6.32. The largest absolute Gasteiger partial charge is 0.312 e. The van der Waals surface area contributed by atoms with Gasteiger partial charge in [-0.25, -0.2) is 0 Å². The van der Waals surface area contributed by atoms with Gasteiger partial charge >= 0.3 is 0 Å². The van der Waals surface area contributed by atoms with Gasteiger partial charge in [-0.1, -0.05) is 23.2 Å². The van der Waals surface area contributed by atoms with Crippen molar-refractivity contribution in [2.75, 3.05) is 13.1 Å². The average Bonchev–Trinajstić information content (AvgIpc) is 3.06. The summed E-state index contributed by atoms with van der Waals surface area (Å²) < 4.78 is 1.64. The van der Waals surface area contributed by atoms with Crippen LogP contribution in [0.4, 0.5) is 0 Å². The third-order valence-electron chi connectivity index (χ3n) is 4.54. The molecule has 3 atom stereocenters. The summed E-state index contributed by atoms with van der Waals surface area (Å²) in [6.45, 7) is 4.61. The number of thiophene rings is 1. The summed E-state index contributed by atoms with van der Waals surface area (Å²) in [5, 5.41) is 3.66. The smallest absolute Gasteiger partial charge is 0.0991 e. The predicted molar refractivity (Wildman–Crippen MR) is 83.5 cm³/mol. The Bertz CT molecular complexity index is 443. The van der Waals surface area contributed by atoms with Crippen LogP contribution in [0.2, 0.25) is 8.67 Å². The monoisotopic (exact) mass is 318 g/mol. The van der Waals surface area contributed by atoms with Crippen LogP contribution in [-0.4, -0.2) is 30.1 Å². The SMILES string of the molecule is CC(c1cc(Cl)sc1Cl)N1CCCC1C1CCCN1. The molecule has 0 radical (unpaired) electrons. The van der Waals surface area contributed by atoms with Crippen molar-refractivity contribution in [1.29, 1.82) is 0 Å². The summed E-state index contributed by atoms with van der Waals surface area (Å²) in [7, 11) is 0. The third-order valence-corrected chi connectivity index (χ3v) is 6.05. The molecule has 0 bridgehead atoms. The van der Waals surface area contributed by atoms with Gasteiger partial charge in [-0.15, -0.1) is 11.3 Å². The van der Waals surface area contributed by atoms with Crippen molar-refractivity contribution in [3.63, 3.8) is 0 Å². The maximum atomic E-state index is 6.32. The third kappa shape index (κ3) is 2.81. The van der Waals surface area contributed by atoms with Crippen molar-refractivity contribution < 1.29 is 0 Å². The van der Waals surface area contributed by atoms with Crippen molar-refractivity contribution in [2.24, 2.45) is 0 Å². The van der Waals surface area contributed by atoms with Gasteiger partial charge in [0.1, 0.15) is 0 Å². The lowest BCUT2D eigenvalue weighted by atomic mass is 10.0. The van der Waals surface area contributed by atoms with Gasteiger partial charge < -0.3 is 5.32 Å². The van der Waals surface area contributed by atoms with Gasteiger partial charge in [-0.3, -0.25) is 4.90 Å². The van der Waals surface area contributed by atoms with Crippen LogP contribution in [0, 0.1) is 0 Å². The van der Waals surface area contributed by atoms with Gasteiger partial charge in [-0.05, 0) is 51.8 Å². The molecule has 5 heteroatoms. The zero-order valence-electron chi connectivity index (χ0n) is 11.2. The molecule has 3 rings (SSSR count). The fourth-order valence-corrected chi connectivity index (χ4v) is 5.22. The number of nitrogens with one attached hydrogen (secondary N) is 1. The molecule has 2 aliphatic heterocycles. The first-order chi connectivity index (χ1) is 9.16. The molecule has 2 nitrogen and oxygen atoms in total. The highest BCUT2D eigenvalue weighted by Gasteiger charge is 2.36. The maximum Gasteiger partial charge on any atom is 0.0991 e. The quantitative estimate of drug-likeness (QED) is 0.892. The highest BCUT2D eigenvalue weighted by atomic mass is 35.5. The van der Waals surface area contributed by atoms with Crippen LogP contribution >= 0.6 is 34.5 Å². The highest BCUT2D eigenvalue weighted by Crippen LogP contribution is 2.40. The first kappa shape index (κ1) is 14.2. The minimum atomic E-state index is 0.367. The summed E-state index contributed by atoms with van der Waals surface area (Å²) in [6, 6.07) is 3.73. The standard InChI is InChI=1S/C14H20Cl2N2S/c1-9(10-8-13(15)19-14(10)16)18-7-3-5-12(18)11-4-2-6-17-11/h8-9,11-12,17H,2-7H2,1H3. The molecule has 0 amide bonds. The lowest BCUT2D eigenvalue weighted by molar-refractivity contribution is 0.163. The minimum Gasteiger partial charge on any atom is -0.312 e. The highest BCUT2D eigenvalue weighted by molar-refractivity contribution is 7.20. The fraction of sp³-hybridized carbons (Fsp3) is 0.714. The second kappa shape index (κ2) is 5.90. The Morgan fingerprint density at radius 1 is 1.37 bits per heavy atom. The molecule has 2 saturated heterocycles. The fourth-order valence-electron chi connectivity index (χ4n) is 3.58. The molecule has 3 heterocycles. The minimum absolute atomic E-state index is 0.367. The van der Waals surface area contributed by atoms with Gasteiger partial charge in [0.2, 0.25) is 0 Å². The number of likely N-dealkylation sites (tertiary alicyclic amines) is 1. The van der Waals surface area contributed by atoms with Gasteiger partial charge in [-0.2, -0.15) is 0 Å². The van der Waals surface area contributed by atoms with E-state index < -0.39 is 0 Å². The number of hydrogen-bond donors (Lipinski definition) is 1. The van der Waals surface area contributed by atoms with Crippen molar-refractivity contribution in [3.8, 4) is 0 Å². The summed E-state index contributed by atoms with van der Waals surface area (Å²) in [6.07, 6.45) is 5.22. The van der Waals surface area contributed by atoms with E-state index >= 15 is 0 Å². The topological polar surface area (TPSA) is 15.3 Å². The number of rotatable bonds is 3. The Morgan fingerprint density at radius 3 is 2.84 bits per heavy atom. The lowest BCUT2D eigenvalue weighted by Gasteiger charge is -2.34. The lowest BCUT2D eigenvalue weighted by Crippen LogP contribution is -2.44. The van der Waals surface area contributed by atoms with E-state index in [9.17, 15) is 0 Å². The van der Waals surface area contributed by atoms with Gasteiger partial charge in [0.15, 0.2) is 0 Å². The summed E-state index contributed by atoms with van der Waals surface area (Å²) in [5.74, 6) is 0. The number of nitrogens with zero attached hydrogens (tertiary/aromatic N) is 1. The Morgan fingerprint density at radius 2 is 2.21 bits per heavy atom. The molecule has 3 unspecified atom stereocenters. The van der Waals surface area contributed by atoms with E-state index in [1.54, 1.807) is 0 Å². The van der Waals surface area contributed by atoms with E-state index in [0.29, 0.717) is 18.1 Å². The van der Waals surface area contributed by atoms with Gasteiger partial charge in [0.05, 0.1) is 8.67 Å². The Hall–Kier alpha value is 0.200. The van der Waals surface area contributed by atoms with Crippen LogP contribution in [0.15, 0.2) is 6.07 Å². The molecule has 1 N–H and O–H groups in total. The molecule has 1 aromatic rings. The van der Waals surface area contributed by atoms with Crippen LogP contribution in [-0.2, 0) is 0 Å². The predicted octanol–water partition coefficient (Wildman–Crippen LogP) is 4.33. The van der Waals surface area contributed by atoms with E-state index in [1.165, 1.54) is 55.7 Å². The van der Waals surface area contributed by atoms with Crippen LogP contribution < -0.4 is 5.32 Å². The van der Waals surface area contributed by atoms with E-state index in [1.807, 2.05) is 6.07 Å². The van der Waals surface area contributed by atoms with Crippen LogP contribution in [0.5, 0.6) is 0 Å². The Balaban J connectivity index is 1.78. The van der Waals surface area contributed by atoms with Crippen molar-refractivity contribution in [2.45, 2.75) is 50.7 Å². The van der Waals surface area contributed by atoms with Crippen molar-refractivity contribution >= 4 is 34.5 Å². The average molecular weight is 319 g/mol. The molecule has 19 heavy (non-hydrogen) atoms. The van der Waals surface area contributed by atoms with Gasteiger partial charge in [0, 0.05) is 23.7 Å². The molecule has 106 valence electrons. The molecule has 0 saturated carbocycles. The molecule has 1 aromatic heterocycles. The Labute approximate surface area is 129 Å². The van der Waals surface area contributed by atoms with E-state index in [-0.39, 0.29) is 0 Å². The summed E-state index contributed by atoms with van der Waals surface area (Å²) >= 11 is 13.9. The van der Waals surface area contributed by atoms with E-state index in [4.69, 9.17) is 23.2 Å². The molecule has 0 aliphatic carbocycles. The first-order valence-corrected chi connectivity index (χ1v) is 8.68. The second-order valence-electron chi connectivity index (χ2n) is 5.61. The van der Waals surface area contributed by atoms with E-state index in [0.717, 1.165) is 8.67 Å². The first-order valence-electron chi connectivity index (χ1n) is 7.10. The molecule has 0 aromatic carbocycles. The van der Waals surface area contributed by atoms with Crippen LogP contribution in [0.3, 0.4) is 0 Å². The summed E-state index contributed by atoms with van der Waals surface area (Å²) in [5.41, 5.74) is 1.20. The Kier molecular flexibility index (Phi) is 4.40. The zero-order chi connectivity index (χ0) is 13.4. The summed E-state index contributed by atoms with van der Waals surface area (Å²) in [4.78, 5) is 2.62. The number of hydrogen-bond acceptors (Lipinski definition) is 3. The second-order valence-corrected chi connectivity index (χ2v) is 7.89. The normalized spacial score (nSPS) is 30.1. The molecule has 2 aliphatic rings. The van der Waals surface area contributed by atoms with Gasteiger partial charge in [0.25, 0.3) is 0 Å². The van der Waals surface area contributed by atoms with Crippen LogP contribution in [0.1, 0.15) is 44.2 Å². The zero-order valence-corrected chi connectivity index (χ0v) is 13.5. The van der Waals surface area contributed by atoms with E-state index in [2.05, 4.69) is 17.1 Å². The molecule has 2 fully saturated rings. The molecular weight excluding hydrogens is 299 g/mol. The molecular formula is C14H20Cl2N2S. The number of halogens is 2. The van der Waals surface area contributed by atoms with Crippen molar-refractivity contribution in [1.82, 2.24) is 10.2 Å². The van der Waals surface area contributed by atoms with Crippen LogP contribution in [0.25, 0.3) is 0 Å². The molecule has 0 spiro atoms. The van der Waals surface area contributed by atoms with Crippen molar-refractivity contribution in [3.05, 3.63) is 20.3 Å².